The van der Waals surface area contributed by atoms with Gasteiger partial charge < -0.3 is 9.55 Å². The van der Waals surface area contributed by atoms with Crippen molar-refractivity contribution < 1.29 is 30.5 Å². The zero-order chi connectivity index (χ0) is 20.5. The summed E-state index contributed by atoms with van der Waals surface area (Å²) in [6.07, 6.45) is 5.01. The van der Waals surface area contributed by atoms with Crippen molar-refractivity contribution in [3.63, 3.8) is 0 Å². The van der Waals surface area contributed by atoms with Gasteiger partial charge in [0.25, 0.3) is 6.35 Å². The van der Waals surface area contributed by atoms with Crippen LogP contribution in [0.25, 0.3) is 4.85 Å². The summed E-state index contributed by atoms with van der Waals surface area (Å²) in [5, 5.41) is 4.03. The number of hydrogen-bond donors (Lipinski definition) is 0. The van der Waals surface area contributed by atoms with Gasteiger partial charge in [0.05, 0.1) is 10.8 Å². The molecule has 1 atom stereocenters. The second-order valence-corrected chi connectivity index (χ2v) is 7.15. The first-order valence-corrected chi connectivity index (χ1v) is 9.69. The van der Waals surface area contributed by atoms with Crippen molar-refractivity contribution in [1.29, 1.82) is 0 Å². The third-order valence-corrected chi connectivity index (χ3v) is 3.38. The van der Waals surface area contributed by atoms with Crippen molar-refractivity contribution in [1.82, 2.24) is 14.8 Å². The monoisotopic (exact) mass is 432 g/mol. The van der Waals surface area contributed by atoms with Crippen LogP contribution in [0, 0.1) is 6.57 Å². The first-order valence-electron chi connectivity index (χ1n) is 8.00. The minimum Gasteiger partial charge on any atom is -1.00 e. The summed E-state index contributed by atoms with van der Waals surface area (Å²) in [4.78, 5) is 17.4. The number of likely N-dealkylation sites (tertiary alicyclic amines) is 1. The summed E-state index contributed by atoms with van der Waals surface area (Å²) in [7, 11) is -4.65. The van der Waals surface area contributed by atoms with Crippen LogP contribution in [0.2, 0.25) is 0 Å². The second-order valence-electron chi connectivity index (χ2n) is 5.87. The molecule has 0 saturated carbocycles. The maximum atomic E-state index is 9.84. The van der Waals surface area contributed by atoms with Crippen LogP contribution in [-0.2, 0) is 4.84 Å². The van der Waals surface area contributed by atoms with Gasteiger partial charge in [-0.05, 0) is 39.1 Å². The molecule has 6 nitrogen and oxygen atoms in total. The van der Waals surface area contributed by atoms with E-state index in [1.807, 2.05) is 31.1 Å². The normalized spacial score (nSPS) is 17.8. The van der Waals surface area contributed by atoms with Crippen LogP contribution >= 0.6 is 8.16 Å². The average molecular weight is 432 g/mol. The SMILES string of the molecule is FP(F)(F)(F)F.[C-]#[N+]/C(=N\OC(N(C)C)N1CCCCC1)c1ccccn1.[F-]. The van der Waals surface area contributed by atoms with Crippen LogP contribution in [0.4, 0.5) is 21.0 Å². The molecule has 0 aliphatic carbocycles. The Labute approximate surface area is 159 Å². The molecule has 1 aromatic rings. The smallest absolute Gasteiger partial charge is 0.340 e. The minimum absolute atomic E-state index is 0. The molecule has 13 heteroatoms. The molecule has 0 aromatic carbocycles. The maximum absolute atomic E-state index is 9.84. The summed E-state index contributed by atoms with van der Waals surface area (Å²) in [5.41, 5.74) is 0.531. The summed E-state index contributed by atoms with van der Waals surface area (Å²) >= 11 is 0. The summed E-state index contributed by atoms with van der Waals surface area (Å²) in [6, 6.07) is 5.39. The van der Waals surface area contributed by atoms with Gasteiger partial charge in [0.2, 0.25) is 0 Å². The van der Waals surface area contributed by atoms with E-state index in [1.165, 1.54) is 19.3 Å². The molecule has 1 fully saturated rings. The third kappa shape index (κ3) is 11.7. The van der Waals surface area contributed by atoms with Gasteiger partial charge in [-0.2, -0.15) is 0 Å². The van der Waals surface area contributed by atoms with E-state index in [0.717, 1.165) is 13.1 Å². The first-order chi connectivity index (χ1) is 12.5. The number of hydrogen-bond acceptors (Lipinski definition) is 5. The quantitative estimate of drug-likeness (QED) is 0.136. The largest absolute Gasteiger partial charge is 1.00 e. The molecule has 2 rings (SSSR count). The maximum Gasteiger partial charge on any atom is 0.340 e. The zero-order valence-electron chi connectivity index (χ0n) is 15.3. The molecule has 1 aliphatic rings. The Hall–Kier alpha value is -1.96. The van der Waals surface area contributed by atoms with Crippen molar-refractivity contribution in [2.24, 2.45) is 5.16 Å². The number of halogens is 6. The zero-order valence-corrected chi connectivity index (χ0v) is 16.2. The van der Waals surface area contributed by atoms with Crippen LogP contribution in [0.5, 0.6) is 0 Å². The van der Waals surface area contributed by atoms with Gasteiger partial charge in [-0.15, -0.1) is 0 Å². The Morgan fingerprint density at radius 1 is 1.21 bits per heavy atom. The number of oxime groups is 1. The van der Waals surface area contributed by atoms with E-state index >= 15 is 0 Å². The number of nitrogens with zero attached hydrogens (tertiary/aromatic N) is 5. The van der Waals surface area contributed by atoms with Crippen LogP contribution in [-0.4, -0.2) is 54.2 Å². The van der Waals surface area contributed by atoms with E-state index in [-0.39, 0.29) is 16.9 Å². The number of aromatic nitrogens is 1. The average Bonchev–Trinajstić information content (AvgIpc) is 2.58. The fourth-order valence-corrected chi connectivity index (χ4v) is 2.34. The summed E-state index contributed by atoms with van der Waals surface area (Å²) < 4.78 is 49.2. The third-order valence-electron chi connectivity index (χ3n) is 3.38. The molecule has 1 saturated heterocycles. The Bertz CT molecular complexity index is 639. The minimum atomic E-state index is -8.55. The van der Waals surface area contributed by atoms with Gasteiger partial charge >= 0.3 is 35.0 Å². The van der Waals surface area contributed by atoms with Crippen LogP contribution in [0.3, 0.4) is 0 Å². The molecule has 2 heterocycles. The summed E-state index contributed by atoms with van der Waals surface area (Å²) in [6.45, 7) is 9.23. The van der Waals surface area contributed by atoms with Gasteiger partial charge in [0, 0.05) is 19.3 Å². The Morgan fingerprint density at radius 2 is 1.79 bits per heavy atom. The standard InChI is InChI=1S/C15H21N5O.F5P.FH/c1-16-14(13-9-5-6-10-17-13)18-21-15(19(2)3)20-11-7-4-8-12-20;1-6(2,3,4)5;/h5-6,9-10,15H,4,7-8,11-12H2,2-3H3;;1H/p-1/b18-14-;;. The molecule has 0 radical (unpaired) electrons. The van der Waals surface area contributed by atoms with Gasteiger partial charge in [0.15, 0.2) is 0 Å². The van der Waals surface area contributed by atoms with E-state index in [9.17, 15) is 21.0 Å². The Balaban J connectivity index is 0.000000910. The molecule has 0 amide bonds. The van der Waals surface area contributed by atoms with Gasteiger partial charge in [-0.25, -0.2) is 0 Å². The van der Waals surface area contributed by atoms with Crippen molar-refractivity contribution >= 4 is 14.0 Å². The van der Waals surface area contributed by atoms with E-state index in [1.54, 1.807) is 12.3 Å². The van der Waals surface area contributed by atoms with E-state index in [2.05, 4.69) is 19.9 Å². The van der Waals surface area contributed by atoms with Crippen LogP contribution in [0.1, 0.15) is 25.0 Å². The fraction of sp³-hybridized carbons (Fsp3) is 0.533. The number of pyridine rings is 1. The molecule has 0 N–H and O–H groups in total. The second kappa shape index (κ2) is 11.1. The summed E-state index contributed by atoms with van der Waals surface area (Å²) in [5.74, 6) is 0.180. The molecule has 1 aliphatic heterocycles. The predicted molar refractivity (Wildman–Crippen MR) is 93.8 cm³/mol. The van der Waals surface area contributed by atoms with Crippen molar-refractivity contribution in [3.8, 4) is 0 Å². The number of piperidine rings is 1. The molecule has 0 spiro atoms. The van der Waals surface area contributed by atoms with Crippen molar-refractivity contribution in [2.75, 3.05) is 27.2 Å². The van der Waals surface area contributed by atoms with E-state index in [4.69, 9.17) is 11.4 Å². The molecule has 1 aromatic heterocycles. The topological polar surface area (TPSA) is 45.3 Å². The molecule has 160 valence electrons. The van der Waals surface area contributed by atoms with Gasteiger partial charge in [0.1, 0.15) is 0 Å². The van der Waals surface area contributed by atoms with Gasteiger partial charge in [-0.1, -0.05) is 19.1 Å². The van der Waals surface area contributed by atoms with E-state index < -0.39 is 8.16 Å². The van der Waals surface area contributed by atoms with Crippen LogP contribution < -0.4 is 4.70 Å². The predicted octanol–water partition coefficient (Wildman–Crippen LogP) is 1.98. The molecular weight excluding hydrogens is 411 g/mol. The number of amidine groups is 1. The van der Waals surface area contributed by atoms with Crippen LogP contribution in [0.15, 0.2) is 29.6 Å². The molecule has 1 unspecified atom stereocenters. The van der Waals surface area contributed by atoms with Crippen molar-refractivity contribution in [2.45, 2.75) is 25.6 Å². The first kappa shape index (κ1) is 26.0. The van der Waals surface area contributed by atoms with E-state index in [0.29, 0.717) is 5.69 Å². The van der Waals surface area contributed by atoms with Gasteiger partial charge in [-0.3, -0.25) is 19.6 Å². The molecular formula is C15H21F6N5OP-. The fourth-order valence-electron chi connectivity index (χ4n) is 2.34. The Morgan fingerprint density at radius 3 is 2.21 bits per heavy atom. The Kier molecular flexibility index (Phi) is 10.4. The molecule has 28 heavy (non-hydrogen) atoms. The molecule has 0 bridgehead atoms. The van der Waals surface area contributed by atoms with Crippen molar-refractivity contribution in [3.05, 3.63) is 41.5 Å². The number of rotatable bonds is 5.